The molecule has 2 rings (SSSR count). The molecule has 2 N–H and O–H groups in total. The Hall–Kier alpha value is -1.20. The summed E-state index contributed by atoms with van der Waals surface area (Å²) in [6, 6.07) is 3.92. The van der Waals surface area contributed by atoms with Crippen LogP contribution in [-0.4, -0.2) is 16.8 Å². The molecule has 0 unspecified atom stereocenters. The second-order valence-electron chi connectivity index (χ2n) is 3.64. The molecule has 0 aliphatic rings. The summed E-state index contributed by atoms with van der Waals surface area (Å²) in [6.45, 7) is 0.763. The molecule has 2 aromatic heterocycles. The minimum atomic E-state index is 0.688. The first kappa shape index (κ1) is 11.3. The van der Waals surface area contributed by atoms with E-state index in [2.05, 4.69) is 5.10 Å². The van der Waals surface area contributed by atoms with Gasteiger partial charge in [-0.2, -0.15) is 5.10 Å². The number of thiophene rings is 1. The molecule has 0 radical (unpaired) electrons. The largest absolute Gasteiger partial charge is 0.394 e. The van der Waals surface area contributed by atoms with Crippen LogP contribution >= 0.6 is 22.9 Å². The molecule has 0 bridgehead atoms. The Morgan fingerprint density at radius 3 is 2.81 bits per heavy atom. The van der Waals surface area contributed by atoms with Gasteiger partial charge in [-0.25, -0.2) is 0 Å². The van der Waals surface area contributed by atoms with E-state index in [1.807, 2.05) is 31.1 Å². The summed E-state index contributed by atoms with van der Waals surface area (Å²) in [6.07, 6.45) is 1.80. The first-order valence-corrected chi connectivity index (χ1v) is 6.00. The van der Waals surface area contributed by atoms with E-state index in [1.54, 1.807) is 22.2 Å². The van der Waals surface area contributed by atoms with Gasteiger partial charge in [0.2, 0.25) is 0 Å². The molecule has 0 aliphatic heterocycles. The fourth-order valence-electron chi connectivity index (χ4n) is 1.54. The first-order valence-electron chi connectivity index (χ1n) is 4.80. The van der Waals surface area contributed by atoms with Crippen LogP contribution in [0.15, 0.2) is 18.3 Å². The zero-order valence-corrected chi connectivity index (χ0v) is 10.7. The summed E-state index contributed by atoms with van der Waals surface area (Å²) >= 11 is 7.45. The Bertz CT molecular complexity index is 491. The lowest BCUT2D eigenvalue weighted by Gasteiger charge is -2.15. The van der Waals surface area contributed by atoms with Crippen LogP contribution in [0.25, 0.3) is 0 Å². The van der Waals surface area contributed by atoms with E-state index >= 15 is 0 Å². The van der Waals surface area contributed by atoms with Crippen LogP contribution in [0, 0.1) is 0 Å². The average Bonchev–Trinajstić information content (AvgIpc) is 2.73. The Balaban J connectivity index is 2.14. The molecule has 0 aromatic carbocycles. The highest BCUT2D eigenvalue weighted by atomic mass is 35.5. The number of aromatic nitrogens is 2. The van der Waals surface area contributed by atoms with Gasteiger partial charge in [-0.05, 0) is 12.1 Å². The van der Waals surface area contributed by atoms with Crippen molar-refractivity contribution in [2.45, 2.75) is 6.54 Å². The van der Waals surface area contributed by atoms with Crippen LogP contribution in [0.1, 0.15) is 4.88 Å². The fraction of sp³-hybridized carbons (Fsp3) is 0.300. The van der Waals surface area contributed by atoms with E-state index < -0.39 is 0 Å². The molecular weight excluding hydrogens is 244 g/mol. The smallest absolute Gasteiger partial charge is 0.173 e. The highest BCUT2D eigenvalue weighted by molar-refractivity contribution is 7.16. The quantitative estimate of drug-likeness (QED) is 0.917. The third-order valence-corrected chi connectivity index (χ3v) is 3.44. The Kier molecular flexibility index (Phi) is 3.07. The molecule has 6 heteroatoms. The van der Waals surface area contributed by atoms with Crippen LogP contribution < -0.4 is 10.6 Å². The molecule has 0 saturated carbocycles. The topological polar surface area (TPSA) is 47.1 Å². The van der Waals surface area contributed by atoms with Crippen molar-refractivity contribution >= 4 is 34.4 Å². The molecule has 2 heterocycles. The molecular formula is C10H13ClN4S. The van der Waals surface area contributed by atoms with E-state index in [9.17, 15) is 0 Å². The summed E-state index contributed by atoms with van der Waals surface area (Å²) in [4.78, 5) is 3.20. The van der Waals surface area contributed by atoms with Crippen LogP contribution in [0.3, 0.4) is 0 Å². The normalized spacial score (nSPS) is 10.7. The third kappa shape index (κ3) is 2.31. The second-order valence-corrected chi connectivity index (χ2v) is 5.44. The number of hydrogen-bond acceptors (Lipinski definition) is 4. The van der Waals surface area contributed by atoms with Gasteiger partial charge in [-0.3, -0.25) is 4.68 Å². The van der Waals surface area contributed by atoms with Gasteiger partial charge in [0.15, 0.2) is 5.82 Å². The molecule has 0 atom stereocenters. The maximum Gasteiger partial charge on any atom is 0.173 e. The average molecular weight is 257 g/mol. The number of nitrogens with two attached hydrogens (primary N) is 1. The second kappa shape index (κ2) is 4.35. The highest BCUT2D eigenvalue weighted by Crippen LogP contribution is 2.25. The Morgan fingerprint density at radius 2 is 2.31 bits per heavy atom. The third-order valence-electron chi connectivity index (χ3n) is 2.22. The van der Waals surface area contributed by atoms with Gasteiger partial charge in [0, 0.05) is 25.2 Å². The summed E-state index contributed by atoms with van der Waals surface area (Å²) in [5.41, 5.74) is 6.54. The van der Waals surface area contributed by atoms with Gasteiger partial charge in [0.1, 0.15) is 0 Å². The van der Waals surface area contributed by atoms with Crippen LogP contribution in [0.4, 0.5) is 11.5 Å². The van der Waals surface area contributed by atoms with E-state index in [1.165, 1.54) is 4.88 Å². The summed E-state index contributed by atoms with van der Waals surface area (Å²) in [7, 11) is 3.82. The van der Waals surface area contributed by atoms with Crippen molar-refractivity contribution in [1.29, 1.82) is 0 Å². The Labute approximate surface area is 103 Å². The van der Waals surface area contributed by atoms with Crippen molar-refractivity contribution in [2.24, 2.45) is 7.05 Å². The van der Waals surface area contributed by atoms with E-state index in [4.69, 9.17) is 17.3 Å². The number of hydrogen-bond donors (Lipinski definition) is 1. The SMILES string of the molecule is CN(Cc1ccc(Cl)s1)c1nn(C)cc1N. The van der Waals surface area contributed by atoms with Crippen molar-refractivity contribution in [1.82, 2.24) is 9.78 Å². The standard InChI is InChI=1S/C10H13ClN4S/c1-14(5-7-3-4-9(11)16-7)10-8(12)6-15(2)13-10/h3-4,6H,5,12H2,1-2H3. The monoisotopic (exact) mass is 256 g/mol. The van der Waals surface area contributed by atoms with Crippen molar-refractivity contribution in [3.63, 3.8) is 0 Å². The van der Waals surface area contributed by atoms with Gasteiger partial charge in [-0.15, -0.1) is 11.3 Å². The number of rotatable bonds is 3. The van der Waals surface area contributed by atoms with Gasteiger partial charge in [0.25, 0.3) is 0 Å². The molecule has 16 heavy (non-hydrogen) atoms. The minimum absolute atomic E-state index is 0.688. The summed E-state index contributed by atoms with van der Waals surface area (Å²) in [5, 5.41) is 4.30. The first-order chi connectivity index (χ1) is 7.56. The van der Waals surface area contributed by atoms with Crippen LogP contribution in [-0.2, 0) is 13.6 Å². The Morgan fingerprint density at radius 1 is 1.56 bits per heavy atom. The predicted octanol–water partition coefficient (Wildman–Crippen LogP) is 2.35. The number of anilines is 2. The molecule has 0 aliphatic carbocycles. The van der Waals surface area contributed by atoms with Gasteiger partial charge in [0.05, 0.1) is 16.6 Å². The molecule has 0 fully saturated rings. The van der Waals surface area contributed by atoms with Gasteiger partial charge >= 0.3 is 0 Å². The van der Waals surface area contributed by atoms with Crippen molar-refractivity contribution in [3.8, 4) is 0 Å². The van der Waals surface area contributed by atoms with Crippen molar-refractivity contribution in [3.05, 3.63) is 27.5 Å². The molecule has 86 valence electrons. The molecule has 0 saturated heterocycles. The zero-order valence-electron chi connectivity index (χ0n) is 9.14. The van der Waals surface area contributed by atoms with Crippen LogP contribution in [0.2, 0.25) is 4.34 Å². The zero-order chi connectivity index (χ0) is 11.7. The maximum absolute atomic E-state index is 5.88. The number of nitrogen functional groups attached to an aromatic ring is 1. The van der Waals surface area contributed by atoms with Gasteiger partial charge < -0.3 is 10.6 Å². The number of halogens is 1. The van der Waals surface area contributed by atoms with Gasteiger partial charge in [-0.1, -0.05) is 11.6 Å². The molecule has 0 spiro atoms. The number of nitrogens with zero attached hydrogens (tertiary/aromatic N) is 3. The van der Waals surface area contributed by atoms with Crippen molar-refractivity contribution < 1.29 is 0 Å². The minimum Gasteiger partial charge on any atom is -0.394 e. The van der Waals surface area contributed by atoms with E-state index in [0.29, 0.717) is 5.69 Å². The lowest BCUT2D eigenvalue weighted by molar-refractivity contribution is 0.753. The van der Waals surface area contributed by atoms with E-state index in [-0.39, 0.29) is 0 Å². The summed E-state index contributed by atoms with van der Waals surface area (Å²) in [5.74, 6) is 0.798. The molecule has 2 aromatic rings. The maximum atomic E-state index is 5.88. The summed E-state index contributed by atoms with van der Waals surface area (Å²) < 4.78 is 2.51. The van der Waals surface area contributed by atoms with Crippen LogP contribution in [0.5, 0.6) is 0 Å². The highest BCUT2D eigenvalue weighted by Gasteiger charge is 2.10. The lowest BCUT2D eigenvalue weighted by Crippen LogP contribution is -2.17. The molecule has 4 nitrogen and oxygen atoms in total. The van der Waals surface area contributed by atoms with E-state index in [0.717, 1.165) is 16.7 Å². The molecule has 0 amide bonds. The van der Waals surface area contributed by atoms with Crippen molar-refractivity contribution in [2.75, 3.05) is 17.7 Å². The lowest BCUT2D eigenvalue weighted by atomic mass is 10.4. The fourth-order valence-corrected chi connectivity index (χ4v) is 2.68. The predicted molar refractivity (Wildman–Crippen MR) is 69.1 cm³/mol. The number of aryl methyl sites for hydroxylation is 1.